The zero-order valence-corrected chi connectivity index (χ0v) is 15.8. The van der Waals surface area contributed by atoms with E-state index in [4.69, 9.17) is 9.15 Å². The standard InChI is InChI=1S/C23H20N2O3/c1-15-11-16(2)13-19(12-15)22-25-20-4-3-18(14-21(20)28-22)23(26)27-10-7-17-5-8-24-9-6-17/h3-6,8-9,11-14H,7,10H2,1-2H3. The Hall–Kier alpha value is -3.47. The van der Waals surface area contributed by atoms with Gasteiger partial charge in [-0.2, -0.15) is 0 Å². The number of oxazole rings is 1. The van der Waals surface area contributed by atoms with Gasteiger partial charge < -0.3 is 9.15 Å². The number of pyridine rings is 1. The summed E-state index contributed by atoms with van der Waals surface area (Å²) in [6, 6.07) is 15.2. The molecule has 0 fully saturated rings. The van der Waals surface area contributed by atoms with Crippen LogP contribution in [0, 0.1) is 13.8 Å². The summed E-state index contributed by atoms with van der Waals surface area (Å²) in [5, 5.41) is 0. The fraction of sp³-hybridized carbons (Fsp3) is 0.174. The number of hydrogen-bond acceptors (Lipinski definition) is 5. The summed E-state index contributed by atoms with van der Waals surface area (Å²) in [7, 11) is 0. The minimum Gasteiger partial charge on any atom is -0.462 e. The third kappa shape index (κ3) is 3.93. The Morgan fingerprint density at radius 2 is 1.75 bits per heavy atom. The minimum absolute atomic E-state index is 0.311. The first-order valence-corrected chi connectivity index (χ1v) is 9.14. The second-order valence-corrected chi connectivity index (χ2v) is 6.82. The molecule has 0 aliphatic rings. The Kier molecular flexibility index (Phi) is 4.89. The molecular formula is C23H20N2O3. The number of fused-ring (bicyclic) bond motifs is 1. The highest BCUT2D eigenvalue weighted by molar-refractivity contribution is 5.93. The molecule has 0 spiro atoms. The molecule has 5 heteroatoms. The third-order valence-electron chi connectivity index (χ3n) is 4.47. The van der Waals surface area contributed by atoms with Gasteiger partial charge in [-0.3, -0.25) is 4.98 Å². The first-order valence-electron chi connectivity index (χ1n) is 9.14. The maximum absolute atomic E-state index is 12.3. The van der Waals surface area contributed by atoms with Gasteiger partial charge in [0.15, 0.2) is 5.58 Å². The molecule has 4 aromatic rings. The molecule has 0 amide bonds. The molecule has 0 aliphatic heterocycles. The van der Waals surface area contributed by atoms with Gasteiger partial charge in [0, 0.05) is 24.4 Å². The molecule has 28 heavy (non-hydrogen) atoms. The molecule has 0 saturated carbocycles. The van der Waals surface area contributed by atoms with Crippen molar-refractivity contribution in [2.45, 2.75) is 20.3 Å². The van der Waals surface area contributed by atoms with Crippen LogP contribution in [0.15, 0.2) is 65.3 Å². The van der Waals surface area contributed by atoms with Crippen LogP contribution < -0.4 is 0 Å². The summed E-state index contributed by atoms with van der Waals surface area (Å²) >= 11 is 0. The molecule has 0 saturated heterocycles. The summed E-state index contributed by atoms with van der Waals surface area (Å²) in [6.45, 7) is 4.39. The zero-order chi connectivity index (χ0) is 19.5. The fourth-order valence-corrected chi connectivity index (χ4v) is 3.17. The van der Waals surface area contributed by atoms with E-state index >= 15 is 0 Å². The lowest BCUT2D eigenvalue weighted by molar-refractivity contribution is 0.0509. The number of aromatic nitrogens is 2. The maximum Gasteiger partial charge on any atom is 0.338 e. The number of carbonyl (C=O) groups excluding carboxylic acids is 1. The van der Waals surface area contributed by atoms with Crippen molar-refractivity contribution in [3.05, 3.63) is 83.2 Å². The van der Waals surface area contributed by atoms with Crippen molar-refractivity contribution >= 4 is 17.1 Å². The topological polar surface area (TPSA) is 65.2 Å². The van der Waals surface area contributed by atoms with Crippen LogP contribution in [0.2, 0.25) is 0 Å². The summed E-state index contributed by atoms with van der Waals surface area (Å²) in [5.41, 5.74) is 6.03. The van der Waals surface area contributed by atoms with Crippen molar-refractivity contribution in [1.29, 1.82) is 0 Å². The van der Waals surface area contributed by atoms with Gasteiger partial charge in [-0.05, 0) is 61.9 Å². The van der Waals surface area contributed by atoms with E-state index < -0.39 is 0 Å². The van der Waals surface area contributed by atoms with Gasteiger partial charge in [-0.15, -0.1) is 0 Å². The predicted molar refractivity (Wildman–Crippen MR) is 107 cm³/mol. The second kappa shape index (κ2) is 7.64. The average Bonchev–Trinajstić information content (AvgIpc) is 3.11. The molecule has 2 aromatic heterocycles. The van der Waals surface area contributed by atoms with Crippen molar-refractivity contribution in [2.75, 3.05) is 6.61 Å². The number of ether oxygens (including phenoxy) is 1. The van der Waals surface area contributed by atoms with Gasteiger partial charge in [-0.1, -0.05) is 17.2 Å². The van der Waals surface area contributed by atoms with Crippen molar-refractivity contribution in [3.63, 3.8) is 0 Å². The zero-order valence-electron chi connectivity index (χ0n) is 15.8. The van der Waals surface area contributed by atoms with Gasteiger partial charge >= 0.3 is 5.97 Å². The Labute approximate surface area is 163 Å². The Bertz CT molecular complexity index is 1110. The van der Waals surface area contributed by atoms with Crippen molar-refractivity contribution in [1.82, 2.24) is 9.97 Å². The lowest BCUT2D eigenvalue weighted by Gasteiger charge is -2.04. The number of nitrogens with zero attached hydrogens (tertiary/aromatic N) is 2. The number of aryl methyl sites for hydroxylation is 2. The SMILES string of the molecule is Cc1cc(C)cc(-c2nc3ccc(C(=O)OCCc4ccncc4)cc3o2)c1. The Morgan fingerprint density at radius 1 is 1.00 bits per heavy atom. The van der Waals surface area contributed by atoms with Crippen LogP contribution in [-0.2, 0) is 11.2 Å². The van der Waals surface area contributed by atoms with Crippen LogP contribution in [0.3, 0.4) is 0 Å². The lowest BCUT2D eigenvalue weighted by atomic mass is 10.1. The molecule has 0 N–H and O–H groups in total. The molecule has 5 nitrogen and oxygen atoms in total. The minimum atomic E-state index is -0.375. The van der Waals surface area contributed by atoms with Crippen LogP contribution in [-0.4, -0.2) is 22.5 Å². The summed E-state index contributed by atoms with van der Waals surface area (Å²) < 4.78 is 11.3. The average molecular weight is 372 g/mol. The van der Waals surface area contributed by atoms with E-state index in [0.717, 1.165) is 22.3 Å². The van der Waals surface area contributed by atoms with Crippen LogP contribution in [0.1, 0.15) is 27.0 Å². The van der Waals surface area contributed by atoms with E-state index in [1.54, 1.807) is 30.6 Å². The first-order chi connectivity index (χ1) is 13.6. The van der Waals surface area contributed by atoms with Crippen LogP contribution in [0.4, 0.5) is 0 Å². The van der Waals surface area contributed by atoms with E-state index in [0.29, 0.717) is 35.6 Å². The van der Waals surface area contributed by atoms with E-state index in [-0.39, 0.29) is 5.97 Å². The highest BCUT2D eigenvalue weighted by atomic mass is 16.5. The molecule has 4 rings (SSSR count). The van der Waals surface area contributed by atoms with Gasteiger partial charge in [0.2, 0.25) is 5.89 Å². The number of hydrogen-bond donors (Lipinski definition) is 0. The van der Waals surface area contributed by atoms with Gasteiger partial charge in [0.1, 0.15) is 5.52 Å². The van der Waals surface area contributed by atoms with Crippen molar-refractivity contribution in [3.8, 4) is 11.5 Å². The summed E-state index contributed by atoms with van der Waals surface area (Å²) in [5.74, 6) is 0.172. The summed E-state index contributed by atoms with van der Waals surface area (Å²) in [4.78, 5) is 20.9. The molecule has 0 bridgehead atoms. The molecule has 2 heterocycles. The quantitative estimate of drug-likeness (QED) is 0.466. The van der Waals surface area contributed by atoms with Gasteiger partial charge in [0.05, 0.1) is 12.2 Å². The highest BCUT2D eigenvalue weighted by Gasteiger charge is 2.13. The molecule has 0 unspecified atom stereocenters. The van der Waals surface area contributed by atoms with E-state index in [9.17, 15) is 4.79 Å². The third-order valence-corrected chi connectivity index (χ3v) is 4.47. The van der Waals surface area contributed by atoms with Crippen molar-refractivity contribution in [2.24, 2.45) is 0 Å². The molecule has 140 valence electrons. The van der Waals surface area contributed by atoms with E-state index in [1.165, 1.54) is 0 Å². The molecule has 0 radical (unpaired) electrons. The second-order valence-electron chi connectivity index (χ2n) is 6.82. The Morgan fingerprint density at radius 3 is 2.50 bits per heavy atom. The van der Waals surface area contributed by atoms with Crippen LogP contribution in [0.5, 0.6) is 0 Å². The normalized spacial score (nSPS) is 10.9. The lowest BCUT2D eigenvalue weighted by Crippen LogP contribution is -2.08. The van der Waals surface area contributed by atoms with E-state index in [2.05, 4.69) is 16.0 Å². The molecule has 2 aromatic carbocycles. The number of benzene rings is 2. The first kappa shape index (κ1) is 17.9. The largest absolute Gasteiger partial charge is 0.462 e. The number of carbonyl (C=O) groups is 1. The Balaban J connectivity index is 1.50. The summed E-state index contributed by atoms with van der Waals surface area (Å²) in [6.07, 6.45) is 4.10. The smallest absolute Gasteiger partial charge is 0.338 e. The molecule has 0 aliphatic carbocycles. The van der Waals surface area contributed by atoms with Gasteiger partial charge in [-0.25, -0.2) is 9.78 Å². The van der Waals surface area contributed by atoms with Gasteiger partial charge in [0.25, 0.3) is 0 Å². The van der Waals surface area contributed by atoms with Crippen LogP contribution in [0.25, 0.3) is 22.6 Å². The fourth-order valence-electron chi connectivity index (χ4n) is 3.17. The molecule has 0 atom stereocenters. The highest BCUT2D eigenvalue weighted by Crippen LogP contribution is 2.26. The van der Waals surface area contributed by atoms with Crippen LogP contribution >= 0.6 is 0 Å². The predicted octanol–water partition coefficient (Wildman–Crippen LogP) is 4.91. The molecular weight excluding hydrogens is 352 g/mol. The maximum atomic E-state index is 12.3. The number of esters is 1. The van der Waals surface area contributed by atoms with E-state index in [1.807, 2.05) is 38.1 Å². The number of rotatable bonds is 5. The van der Waals surface area contributed by atoms with Crippen molar-refractivity contribution < 1.29 is 13.9 Å². The monoisotopic (exact) mass is 372 g/mol.